The Morgan fingerprint density at radius 1 is 1.19 bits per heavy atom. The molecule has 1 radical (unpaired) electrons. The number of rotatable bonds is 1. The molecule has 0 amide bonds. The average molecular weight is 209 g/mol. The number of hydrogen-bond donors (Lipinski definition) is 0. The van der Waals surface area contributed by atoms with E-state index in [0.717, 1.165) is 17.8 Å². The zero-order valence-corrected chi connectivity index (χ0v) is 9.27. The van der Waals surface area contributed by atoms with E-state index in [1.807, 2.05) is 6.20 Å². The number of aromatic nitrogens is 2. The Morgan fingerprint density at radius 3 is 2.81 bits per heavy atom. The van der Waals surface area contributed by atoms with E-state index in [9.17, 15) is 0 Å². The van der Waals surface area contributed by atoms with Gasteiger partial charge in [0.1, 0.15) is 0 Å². The van der Waals surface area contributed by atoms with Crippen molar-refractivity contribution in [3.63, 3.8) is 0 Å². The standard InChI is InChI=1S/C14H13N2/c1-3-16-13-7-5-4-6-11(13)12-8-9-15-10(2)14(12)16/h4-9H,2-3H2,1H3. The molecule has 0 aliphatic rings. The quantitative estimate of drug-likeness (QED) is 0.600. The Labute approximate surface area is 94.5 Å². The van der Waals surface area contributed by atoms with Crippen molar-refractivity contribution in [3.05, 3.63) is 49.1 Å². The van der Waals surface area contributed by atoms with Crippen LogP contribution in [0.1, 0.15) is 12.6 Å². The van der Waals surface area contributed by atoms with Gasteiger partial charge in [-0.1, -0.05) is 18.2 Å². The van der Waals surface area contributed by atoms with Gasteiger partial charge < -0.3 is 4.57 Å². The van der Waals surface area contributed by atoms with E-state index in [4.69, 9.17) is 0 Å². The molecule has 0 saturated heterocycles. The molecule has 3 rings (SSSR count). The second kappa shape index (κ2) is 3.34. The molecule has 0 bridgehead atoms. The van der Waals surface area contributed by atoms with Gasteiger partial charge in [0.2, 0.25) is 0 Å². The fourth-order valence-corrected chi connectivity index (χ4v) is 2.40. The smallest absolute Gasteiger partial charge is 0.0710 e. The second-order valence-electron chi connectivity index (χ2n) is 3.92. The first-order valence-electron chi connectivity index (χ1n) is 5.51. The van der Waals surface area contributed by atoms with Crippen LogP contribution >= 0.6 is 0 Å². The molecular formula is C14H13N2. The number of aryl methyl sites for hydroxylation is 1. The minimum absolute atomic E-state index is 0.857. The fraction of sp³-hybridized carbons (Fsp3) is 0.143. The van der Waals surface area contributed by atoms with Crippen LogP contribution in [0.4, 0.5) is 0 Å². The van der Waals surface area contributed by atoms with Crippen LogP contribution in [-0.4, -0.2) is 9.55 Å². The van der Waals surface area contributed by atoms with Crippen molar-refractivity contribution in [1.82, 2.24) is 9.55 Å². The summed E-state index contributed by atoms with van der Waals surface area (Å²) in [5.41, 5.74) is 3.28. The Balaban J connectivity index is 2.64. The predicted molar refractivity (Wildman–Crippen MR) is 67.4 cm³/mol. The summed E-state index contributed by atoms with van der Waals surface area (Å²) in [6, 6.07) is 10.5. The third-order valence-electron chi connectivity index (χ3n) is 3.07. The van der Waals surface area contributed by atoms with Gasteiger partial charge in [-0.3, -0.25) is 4.98 Å². The molecular weight excluding hydrogens is 196 g/mol. The van der Waals surface area contributed by atoms with Crippen molar-refractivity contribution in [2.24, 2.45) is 0 Å². The Bertz CT molecular complexity index is 665. The zero-order valence-electron chi connectivity index (χ0n) is 9.27. The fourth-order valence-electron chi connectivity index (χ4n) is 2.40. The summed E-state index contributed by atoms with van der Waals surface area (Å²) in [6.45, 7) is 7.11. The van der Waals surface area contributed by atoms with Crippen LogP contribution in [0.2, 0.25) is 0 Å². The predicted octanol–water partition coefficient (Wildman–Crippen LogP) is 3.39. The van der Waals surface area contributed by atoms with E-state index >= 15 is 0 Å². The number of nitrogens with zero attached hydrogens (tertiary/aromatic N) is 2. The van der Waals surface area contributed by atoms with E-state index < -0.39 is 0 Å². The number of para-hydroxylation sites is 1. The van der Waals surface area contributed by atoms with Crippen molar-refractivity contribution in [2.75, 3.05) is 0 Å². The first kappa shape index (κ1) is 9.40. The van der Waals surface area contributed by atoms with Crippen LogP contribution < -0.4 is 0 Å². The molecule has 0 unspecified atom stereocenters. The zero-order chi connectivity index (χ0) is 11.1. The summed E-state index contributed by atoms with van der Waals surface area (Å²) in [5, 5.41) is 2.53. The third-order valence-corrected chi connectivity index (χ3v) is 3.07. The van der Waals surface area contributed by atoms with Gasteiger partial charge in [-0.05, 0) is 26.0 Å². The van der Waals surface area contributed by atoms with E-state index in [1.54, 1.807) is 0 Å². The maximum absolute atomic E-state index is 4.28. The molecule has 0 atom stereocenters. The van der Waals surface area contributed by atoms with Crippen LogP contribution in [0.3, 0.4) is 0 Å². The highest BCUT2D eigenvalue weighted by molar-refractivity contribution is 6.08. The van der Waals surface area contributed by atoms with Gasteiger partial charge in [0.05, 0.1) is 11.2 Å². The maximum Gasteiger partial charge on any atom is 0.0710 e. The summed E-state index contributed by atoms with van der Waals surface area (Å²) in [6.07, 6.45) is 1.83. The van der Waals surface area contributed by atoms with Crippen LogP contribution in [0.15, 0.2) is 36.5 Å². The molecule has 79 valence electrons. The molecule has 0 aliphatic heterocycles. The minimum Gasteiger partial charge on any atom is -0.339 e. The average Bonchev–Trinajstić information content (AvgIpc) is 2.65. The molecule has 3 aromatic rings. The Hall–Kier alpha value is -1.83. The Kier molecular flexibility index (Phi) is 1.96. The van der Waals surface area contributed by atoms with E-state index in [1.165, 1.54) is 16.3 Å². The van der Waals surface area contributed by atoms with Crippen molar-refractivity contribution >= 4 is 21.8 Å². The lowest BCUT2D eigenvalue weighted by molar-refractivity contribution is 0.823. The summed E-state index contributed by atoms with van der Waals surface area (Å²) in [5.74, 6) is 0. The van der Waals surface area contributed by atoms with Gasteiger partial charge in [-0.25, -0.2) is 0 Å². The summed E-state index contributed by atoms with van der Waals surface area (Å²) in [4.78, 5) is 4.28. The molecule has 16 heavy (non-hydrogen) atoms. The first-order chi connectivity index (χ1) is 7.83. The Morgan fingerprint density at radius 2 is 2.00 bits per heavy atom. The number of hydrogen-bond acceptors (Lipinski definition) is 1. The molecule has 0 N–H and O–H groups in total. The highest BCUT2D eigenvalue weighted by atomic mass is 15.0. The molecule has 2 heteroatoms. The lowest BCUT2D eigenvalue weighted by atomic mass is 10.2. The monoisotopic (exact) mass is 209 g/mol. The molecule has 2 aromatic heterocycles. The molecule has 0 fully saturated rings. The minimum atomic E-state index is 0.857. The molecule has 2 heterocycles. The topological polar surface area (TPSA) is 17.8 Å². The normalized spacial score (nSPS) is 11.4. The van der Waals surface area contributed by atoms with E-state index in [-0.39, 0.29) is 0 Å². The van der Waals surface area contributed by atoms with Crippen LogP contribution in [0.25, 0.3) is 21.8 Å². The largest absolute Gasteiger partial charge is 0.339 e. The highest BCUT2D eigenvalue weighted by Crippen LogP contribution is 2.29. The highest BCUT2D eigenvalue weighted by Gasteiger charge is 2.10. The lowest BCUT2D eigenvalue weighted by Gasteiger charge is -2.03. The van der Waals surface area contributed by atoms with Crippen LogP contribution in [0, 0.1) is 6.92 Å². The molecule has 0 spiro atoms. The van der Waals surface area contributed by atoms with Gasteiger partial charge in [-0.15, -0.1) is 0 Å². The van der Waals surface area contributed by atoms with Crippen molar-refractivity contribution in [2.45, 2.75) is 13.5 Å². The van der Waals surface area contributed by atoms with Gasteiger partial charge in [0.15, 0.2) is 0 Å². The van der Waals surface area contributed by atoms with Crippen molar-refractivity contribution in [3.8, 4) is 0 Å². The van der Waals surface area contributed by atoms with E-state index in [0.29, 0.717) is 0 Å². The van der Waals surface area contributed by atoms with Gasteiger partial charge in [-0.2, -0.15) is 0 Å². The van der Waals surface area contributed by atoms with Crippen LogP contribution in [0.5, 0.6) is 0 Å². The molecule has 0 aliphatic carbocycles. The first-order valence-corrected chi connectivity index (χ1v) is 5.51. The lowest BCUT2D eigenvalue weighted by Crippen LogP contribution is -1.95. The number of fused-ring (bicyclic) bond motifs is 3. The van der Waals surface area contributed by atoms with Crippen molar-refractivity contribution in [1.29, 1.82) is 0 Å². The molecule has 0 saturated carbocycles. The van der Waals surface area contributed by atoms with Gasteiger partial charge >= 0.3 is 0 Å². The van der Waals surface area contributed by atoms with Gasteiger partial charge in [0.25, 0.3) is 0 Å². The summed E-state index contributed by atoms with van der Waals surface area (Å²) < 4.78 is 2.28. The number of benzene rings is 1. The van der Waals surface area contributed by atoms with Crippen molar-refractivity contribution < 1.29 is 0 Å². The van der Waals surface area contributed by atoms with Gasteiger partial charge in [0, 0.05) is 29.0 Å². The third kappa shape index (κ3) is 1.10. The summed E-state index contributed by atoms with van der Waals surface area (Å²) >= 11 is 0. The SMILES string of the molecule is [CH2]c1nccc2c3ccccc3n(CC)c12. The van der Waals surface area contributed by atoms with Crippen LogP contribution in [-0.2, 0) is 6.54 Å². The number of pyridine rings is 1. The molecule has 1 aromatic carbocycles. The van der Waals surface area contributed by atoms with E-state index in [2.05, 4.69) is 53.7 Å². The maximum atomic E-state index is 4.28. The molecule has 2 nitrogen and oxygen atoms in total. The summed E-state index contributed by atoms with van der Waals surface area (Å²) in [7, 11) is 0. The second-order valence-corrected chi connectivity index (χ2v) is 3.92.